The number of amides is 2. The van der Waals surface area contributed by atoms with E-state index in [4.69, 9.17) is 9.47 Å². The average Bonchev–Trinajstić information content (AvgIpc) is 3.36. The summed E-state index contributed by atoms with van der Waals surface area (Å²) in [5, 5.41) is 21.2. The first-order valence-electron chi connectivity index (χ1n) is 9.82. The van der Waals surface area contributed by atoms with Gasteiger partial charge in [-0.15, -0.1) is 5.10 Å². The SMILES string of the molecule is CC1(NC(=O)[C@@H](O)C2CCOCC2)CN(C(=O)c2cn(C3CCOC3)nn2)C1. The molecule has 0 aliphatic carbocycles. The summed E-state index contributed by atoms with van der Waals surface area (Å²) in [5.41, 5.74) is -0.253. The number of rotatable bonds is 5. The lowest BCUT2D eigenvalue weighted by molar-refractivity contribution is -0.137. The minimum atomic E-state index is -1.04. The maximum Gasteiger partial charge on any atom is 0.276 e. The quantitative estimate of drug-likeness (QED) is 0.683. The zero-order chi connectivity index (χ0) is 19.7. The summed E-state index contributed by atoms with van der Waals surface area (Å²) < 4.78 is 12.3. The van der Waals surface area contributed by atoms with Crippen molar-refractivity contribution < 1.29 is 24.2 Å². The molecule has 2 atom stereocenters. The smallest absolute Gasteiger partial charge is 0.276 e. The molecule has 28 heavy (non-hydrogen) atoms. The number of aliphatic hydroxyl groups is 1. The number of aliphatic hydroxyl groups excluding tert-OH is 1. The van der Waals surface area contributed by atoms with E-state index in [9.17, 15) is 14.7 Å². The molecule has 0 bridgehead atoms. The highest BCUT2D eigenvalue weighted by Gasteiger charge is 2.44. The molecule has 4 rings (SSSR count). The second kappa shape index (κ2) is 7.76. The maximum absolute atomic E-state index is 12.6. The highest BCUT2D eigenvalue weighted by Crippen LogP contribution is 2.25. The summed E-state index contributed by atoms with van der Waals surface area (Å²) in [6.45, 7) is 5.04. The highest BCUT2D eigenvalue weighted by molar-refractivity contribution is 5.93. The van der Waals surface area contributed by atoms with Crippen LogP contribution in [0.4, 0.5) is 0 Å². The van der Waals surface area contributed by atoms with Gasteiger partial charge in [0, 0.05) is 32.9 Å². The summed E-state index contributed by atoms with van der Waals surface area (Å²) in [7, 11) is 0. The molecule has 1 aromatic rings. The number of nitrogens with zero attached hydrogens (tertiary/aromatic N) is 4. The fourth-order valence-electron chi connectivity index (χ4n) is 4.08. The minimum absolute atomic E-state index is 0.0789. The van der Waals surface area contributed by atoms with Gasteiger partial charge in [-0.2, -0.15) is 0 Å². The van der Waals surface area contributed by atoms with Crippen LogP contribution >= 0.6 is 0 Å². The van der Waals surface area contributed by atoms with E-state index in [0.717, 1.165) is 6.42 Å². The van der Waals surface area contributed by atoms with E-state index in [1.54, 1.807) is 15.8 Å². The first-order valence-corrected chi connectivity index (χ1v) is 9.82. The Hall–Kier alpha value is -2.04. The third-order valence-electron chi connectivity index (χ3n) is 5.78. The van der Waals surface area contributed by atoms with Crippen molar-refractivity contribution in [1.82, 2.24) is 25.2 Å². The van der Waals surface area contributed by atoms with Gasteiger partial charge in [-0.3, -0.25) is 9.59 Å². The Morgan fingerprint density at radius 1 is 1.25 bits per heavy atom. The minimum Gasteiger partial charge on any atom is -0.383 e. The topological polar surface area (TPSA) is 119 Å². The monoisotopic (exact) mass is 393 g/mol. The molecule has 3 aliphatic rings. The molecule has 2 amide bonds. The third kappa shape index (κ3) is 3.89. The van der Waals surface area contributed by atoms with E-state index in [1.165, 1.54) is 0 Å². The number of carbonyl (C=O) groups excluding carboxylic acids is 2. The second-order valence-electron chi connectivity index (χ2n) is 8.21. The third-order valence-corrected chi connectivity index (χ3v) is 5.78. The molecule has 1 unspecified atom stereocenters. The van der Waals surface area contributed by atoms with Crippen molar-refractivity contribution in [3.05, 3.63) is 11.9 Å². The van der Waals surface area contributed by atoms with Gasteiger partial charge in [0.1, 0.15) is 6.10 Å². The van der Waals surface area contributed by atoms with Crippen molar-refractivity contribution in [3.8, 4) is 0 Å². The standard InChI is InChI=1S/C18H27N5O5/c1-18(19-16(25)15(24)12-2-5-27-6-3-12)10-22(11-18)17(26)14-8-23(21-20-14)13-4-7-28-9-13/h8,12-13,15,24H,2-7,9-11H2,1H3,(H,19,25)/t13?,15-/m0/s1. The number of ether oxygens (including phenoxy) is 2. The molecule has 3 aliphatic heterocycles. The number of aromatic nitrogens is 3. The zero-order valence-electron chi connectivity index (χ0n) is 16.0. The van der Waals surface area contributed by atoms with E-state index >= 15 is 0 Å². The number of hydrogen-bond donors (Lipinski definition) is 2. The van der Waals surface area contributed by atoms with Crippen LogP contribution in [0.1, 0.15) is 42.7 Å². The lowest BCUT2D eigenvalue weighted by Gasteiger charge is -2.48. The van der Waals surface area contributed by atoms with Gasteiger partial charge >= 0.3 is 0 Å². The van der Waals surface area contributed by atoms with Gasteiger partial charge in [0.2, 0.25) is 5.91 Å². The predicted molar refractivity (Wildman–Crippen MR) is 96.5 cm³/mol. The van der Waals surface area contributed by atoms with Crippen LogP contribution in [0.3, 0.4) is 0 Å². The molecule has 2 N–H and O–H groups in total. The van der Waals surface area contributed by atoms with Gasteiger partial charge < -0.3 is 24.8 Å². The number of carbonyl (C=O) groups is 2. The second-order valence-corrected chi connectivity index (χ2v) is 8.21. The molecule has 0 aromatic carbocycles. The van der Waals surface area contributed by atoms with Gasteiger partial charge in [-0.1, -0.05) is 5.21 Å². The van der Waals surface area contributed by atoms with Crippen molar-refractivity contribution in [2.24, 2.45) is 5.92 Å². The summed E-state index contributed by atoms with van der Waals surface area (Å²) in [4.78, 5) is 26.6. The van der Waals surface area contributed by atoms with Crippen molar-refractivity contribution in [2.75, 3.05) is 39.5 Å². The molecule has 0 spiro atoms. The van der Waals surface area contributed by atoms with Crippen LogP contribution < -0.4 is 5.32 Å². The Bertz CT molecular complexity index is 720. The maximum atomic E-state index is 12.6. The molecular formula is C18H27N5O5. The lowest BCUT2D eigenvalue weighted by atomic mass is 9.89. The van der Waals surface area contributed by atoms with Gasteiger partial charge in [0.15, 0.2) is 5.69 Å². The Labute approximate surface area is 163 Å². The molecular weight excluding hydrogens is 366 g/mol. The molecule has 1 aromatic heterocycles. The largest absolute Gasteiger partial charge is 0.383 e. The van der Waals surface area contributed by atoms with Crippen LogP contribution in [0.25, 0.3) is 0 Å². The number of hydrogen-bond acceptors (Lipinski definition) is 7. The van der Waals surface area contributed by atoms with E-state index in [-0.39, 0.29) is 23.8 Å². The van der Waals surface area contributed by atoms with E-state index in [0.29, 0.717) is 58.1 Å². The molecule has 3 saturated heterocycles. The highest BCUT2D eigenvalue weighted by atomic mass is 16.5. The zero-order valence-corrected chi connectivity index (χ0v) is 16.0. The first kappa shape index (κ1) is 19.3. The van der Waals surface area contributed by atoms with Gasteiger partial charge in [0.25, 0.3) is 5.91 Å². The molecule has 4 heterocycles. The van der Waals surface area contributed by atoms with Crippen molar-refractivity contribution in [1.29, 1.82) is 0 Å². The Kier molecular flexibility index (Phi) is 5.35. The normalized spacial score (nSPS) is 25.9. The van der Waals surface area contributed by atoms with Gasteiger partial charge in [-0.05, 0) is 32.1 Å². The number of likely N-dealkylation sites (tertiary alicyclic amines) is 1. The molecule has 10 heteroatoms. The molecule has 0 radical (unpaired) electrons. The summed E-state index contributed by atoms with van der Waals surface area (Å²) in [5.74, 6) is -0.666. The summed E-state index contributed by atoms with van der Waals surface area (Å²) in [6.07, 6.45) is 2.83. The van der Waals surface area contributed by atoms with Crippen LogP contribution in [0, 0.1) is 5.92 Å². The van der Waals surface area contributed by atoms with Gasteiger partial charge in [0.05, 0.1) is 24.4 Å². The molecule has 154 valence electrons. The molecule has 0 saturated carbocycles. The average molecular weight is 393 g/mol. The summed E-state index contributed by atoms with van der Waals surface area (Å²) in [6, 6.07) is 0.127. The fraction of sp³-hybridized carbons (Fsp3) is 0.778. The van der Waals surface area contributed by atoms with Crippen LogP contribution in [0.5, 0.6) is 0 Å². The van der Waals surface area contributed by atoms with Crippen LogP contribution in [-0.4, -0.2) is 88.0 Å². The molecule has 3 fully saturated rings. The Morgan fingerprint density at radius 2 is 1.96 bits per heavy atom. The van der Waals surface area contributed by atoms with E-state index < -0.39 is 11.6 Å². The van der Waals surface area contributed by atoms with E-state index in [1.807, 2.05) is 6.92 Å². The Morgan fingerprint density at radius 3 is 2.64 bits per heavy atom. The summed E-state index contributed by atoms with van der Waals surface area (Å²) >= 11 is 0. The lowest BCUT2D eigenvalue weighted by Crippen LogP contribution is -2.70. The van der Waals surface area contributed by atoms with Crippen molar-refractivity contribution >= 4 is 11.8 Å². The van der Waals surface area contributed by atoms with Crippen LogP contribution in [0.2, 0.25) is 0 Å². The Balaban J connectivity index is 1.29. The molecule has 10 nitrogen and oxygen atoms in total. The van der Waals surface area contributed by atoms with Crippen LogP contribution in [-0.2, 0) is 14.3 Å². The van der Waals surface area contributed by atoms with Crippen molar-refractivity contribution in [3.63, 3.8) is 0 Å². The first-order chi connectivity index (χ1) is 13.5. The van der Waals surface area contributed by atoms with Gasteiger partial charge in [-0.25, -0.2) is 4.68 Å². The predicted octanol–water partition coefficient (Wildman–Crippen LogP) is -0.642. The van der Waals surface area contributed by atoms with Crippen molar-refractivity contribution in [2.45, 2.75) is 43.9 Å². The van der Waals surface area contributed by atoms with E-state index in [2.05, 4.69) is 15.6 Å². The fourth-order valence-corrected chi connectivity index (χ4v) is 4.08. The number of nitrogens with one attached hydrogen (secondary N) is 1. The van der Waals surface area contributed by atoms with Crippen LogP contribution in [0.15, 0.2) is 6.20 Å².